The summed E-state index contributed by atoms with van der Waals surface area (Å²) in [4.78, 5) is 1.32. The van der Waals surface area contributed by atoms with E-state index >= 15 is 0 Å². The van der Waals surface area contributed by atoms with Crippen molar-refractivity contribution in [3.05, 3.63) is 59.1 Å². The zero-order chi connectivity index (χ0) is 14.8. The monoisotopic (exact) mass is 298 g/mol. The van der Waals surface area contributed by atoms with Gasteiger partial charge in [0.05, 0.1) is 5.69 Å². The molecule has 0 aliphatic rings. The molecule has 0 aliphatic heterocycles. The number of nitrogen functional groups attached to an aromatic ring is 1. The number of aromatic nitrogens is 4. The van der Waals surface area contributed by atoms with Crippen LogP contribution in [0.15, 0.2) is 48.5 Å². The Labute approximate surface area is 125 Å². The fraction of sp³-hybridized carbons (Fsp3) is 0. The Kier molecular flexibility index (Phi) is 3.37. The van der Waals surface area contributed by atoms with Gasteiger partial charge in [-0.1, -0.05) is 41.9 Å². The van der Waals surface area contributed by atoms with Crippen molar-refractivity contribution in [2.24, 2.45) is 5.73 Å². The molecule has 0 radical (unpaired) electrons. The summed E-state index contributed by atoms with van der Waals surface area (Å²) in [5.41, 5.74) is 7.44. The van der Waals surface area contributed by atoms with Crippen molar-refractivity contribution < 1.29 is 0 Å². The minimum absolute atomic E-state index is 0.0831. The van der Waals surface area contributed by atoms with Gasteiger partial charge in [0.25, 0.3) is 0 Å². The fourth-order valence-electron chi connectivity index (χ4n) is 1.92. The van der Waals surface area contributed by atoms with Crippen LogP contribution in [0.5, 0.6) is 0 Å². The molecule has 2 aromatic carbocycles. The van der Waals surface area contributed by atoms with Crippen LogP contribution in [0.2, 0.25) is 5.02 Å². The van der Waals surface area contributed by atoms with E-state index < -0.39 is 0 Å². The van der Waals surface area contributed by atoms with Gasteiger partial charge in [-0.15, -0.1) is 15.0 Å². The molecule has 1 aromatic heterocycles. The van der Waals surface area contributed by atoms with Crippen molar-refractivity contribution in [1.82, 2.24) is 20.2 Å². The Morgan fingerprint density at radius 2 is 1.90 bits per heavy atom. The number of nitrogens with one attached hydrogen (secondary N) is 1. The summed E-state index contributed by atoms with van der Waals surface area (Å²) in [5, 5.41) is 20.5. The third kappa shape index (κ3) is 2.61. The van der Waals surface area contributed by atoms with Gasteiger partial charge in [0.1, 0.15) is 5.84 Å². The topological polar surface area (TPSA) is 93.5 Å². The van der Waals surface area contributed by atoms with Gasteiger partial charge in [-0.2, -0.15) is 0 Å². The molecule has 104 valence electrons. The number of rotatable bonds is 3. The van der Waals surface area contributed by atoms with Crippen LogP contribution in [0.3, 0.4) is 0 Å². The lowest BCUT2D eigenvalue weighted by Gasteiger charge is -2.06. The number of hydrogen-bond donors (Lipinski definition) is 2. The lowest BCUT2D eigenvalue weighted by molar-refractivity contribution is 0.719. The SMILES string of the molecule is N=C(N)c1ccc(Cl)cc1-n1nnc(-c2ccccc2)n1. The standard InChI is InChI=1S/C14H11ClN6/c15-10-6-7-11(13(16)17)12(8-10)21-19-14(18-20-21)9-4-2-1-3-5-9/h1-8H,(H3,16,17). The molecule has 3 N–H and O–H groups in total. The number of amidine groups is 1. The molecule has 1 heterocycles. The molecule has 7 heteroatoms. The molecule has 0 spiro atoms. The van der Waals surface area contributed by atoms with Gasteiger partial charge in [0, 0.05) is 16.1 Å². The number of hydrogen-bond acceptors (Lipinski definition) is 4. The van der Waals surface area contributed by atoms with E-state index in [1.54, 1.807) is 18.2 Å². The van der Waals surface area contributed by atoms with E-state index in [1.807, 2.05) is 30.3 Å². The lowest BCUT2D eigenvalue weighted by Crippen LogP contribution is -2.15. The summed E-state index contributed by atoms with van der Waals surface area (Å²) in [6, 6.07) is 14.5. The Morgan fingerprint density at radius 1 is 1.14 bits per heavy atom. The largest absolute Gasteiger partial charge is 0.384 e. The molecule has 0 amide bonds. The molecule has 21 heavy (non-hydrogen) atoms. The zero-order valence-corrected chi connectivity index (χ0v) is 11.6. The molecule has 0 fully saturated rings. The number of halogens is 1. The summed E-state index contributed by atoms with van der Waals surface area (Å²) in [7, 11) is 0. The Morgan fingerprint density at radius 3 is 2.62 bits per heavy atom. The van der Waals surface area contributed by atoms with Crippen LogP contribution in [-0.2, 0) is 0 Å². The van der Waals surface area contributed by atoms with E-state index in [-0.39, 0.29) is 5.84 Å². The van der Waals surface area contributed by atoms with Crippen molar-refractivity contribution in [2.75, 3.05) is 0 Å². The van der Waals surface area contributed by atoms with E-state index in [0.29, 0.717) is 22.1 Å². The highest BCUT2D eigenvalue weighted by molar-refractivity contribution is 6.31. The molecular weight excluding hydrogens is 288 g/mol. The number of nitrogens with zero attached hydrogens (tertiary/aromatic N) is 4. The summed E-state index contributed by atoms with van der Waals surface area (Å²) in [5.74, 6) is 0.408. The molecule has 0 bridgehead atoms. The summed E-state index contributed by atoms with van der Waals surface area (Å²) < 4.78 is 0. The van der Waals surface area contributed by atoms with Crippen LogP contribution in [0.1, 0.15) is 5.56 Å². The minimum atomic E-state index is -0.0831. The van der Waals surface area contributed by atoms with Crippen LogP contribution < -0.4 is 5.73 Å². The van der Waals surface area contributed by atoms with Crippen molar-refractivity contribution in [1.29, 1.82) is 5.41 Å². The maximum atomic E-state index is 7.61. The highest BCUT2D eigenvalue weighted by Gasteiger charge is 2.12. The minimum Gasteiger partial charge on any atom is -0.384 e. The number of benzene rings is 2. The molecule has 6 nitrogen and oxygen atoms in total. The second kappa shape index (κ2) is 5.34. The highest BCUT2D eigenvalue weighted by Crippen LogP contribution is 2.20. The Bertz CT molecular complexity index is 796. The van der Waals surface area contributed by atoms with Crippen molar-refractivity contribution in [2.45, 2.75) is 0 Å². The molecule has 0 saturated carbocycles. The normalized spacial score (nSPS) is 10.5. The molecule has 0 saturated heterocycles. The van der Waals surface area contributed by atoms with E-state index in [9.17, 15) is 0 Å². The van der Waals surface area contributed by atoms with Gasteiger partial charge in [0.2, 0.25) is 5.82 Å². The molecule has 0 aliphatic carbocycles. The fourth-order valence-corrected chi connectivity index (χ4v) is 2.08. The summed E-state index contributed by atoms with van der Waals surface area (Å²) in [6.07, 6.45) is 0. The summed E-state index contributed by atoms with van der Waals surface area (Å²) in [6.45, 7) is 0. The van der Waals surface area contributed by atoms with Gasteiger partial charge in [-0.05, 0) is 23.4 Å². The average molecular weight is 299 g/mol. The smallest absolute Gasteiger partial charge is 0.205 e. The second-order valence-corrected chi connectivity index (χ2v) is 4.78. The molecule has 3 rings (SSSR count). The van der Waals surface area contributed by atoms with Gasteiger partial charge >= 0.3 is 0 Å². The number of tetrazole rings is 1. The van der Waals surface area contributed by atoms with E-state index in [4.69, 9.17) is 22.7 Å². The average Bonchev–Trinajstić information content (AvgIpc) is 2.97. The van der Waals surface area contributed by atoms with Gasteiger partial charge in [0.15, 0.2) is 0 Å². The maximum Gasteiger partial charge on any atom is 0.205 e. The quantitative estimate of drug-likeness (QED) is 0.573. The van der Waals surface area contributed by atoms with E-state index in [2.05, 4.69) is 15.4 Å². The van der Waals surface area contributed by atoms with Crippen molar-refractivity contribution in [3.8, 4) is 17.1 Å². The Hall–Kier alpha value is -2.73. The van der Waals surface area contributed by atoms with Crippen LogP contribution in [0.25, 0.3) is 17.1 Å². The van der Waals surface area contributed by atoms with E-state index in [1.165, 1.54) is 4.80 Å². The lowest BCUT2D eigenvalue weighted by atomic mass is 10.1. The van der Waals surface area contributed by atoms with Crippen LogP contribution >= 0.6 is 11.6 Å². The molecular formula is C14H11ClN6. The van der Waals surface area contributed by atoms with Crippen LogP contribution in [0.4, 0.5) is 0 Å². The van der Waals surface area contributed by atoms with Gasteiger partial charge < -0.3 is 5.73 Å². The van der Waals surface area contributed by atoms with Gasteiger partial charge in [-0.25, -0.2) is 0 Å². The highest BCUT2D eigenvalue weighted by atomic mass is 35.5. The predicted molar refractivity (Wildman–Crippen MR) is 80.6 cm³/mol. The van der Waals surface area contributed by atoms with Crippen LogP contribution in [0, 0.1) is 5.41 Å². The predicted octanol–water partition coefficient (Wildman–Crippen LogP) is 2.27. The van der Waals surface area contributed by atoms with Crippen LogP contribution in [-0.4, -0.2) is 26.0 Å². The Balaban J connectivity index is 2.08. The van der Waals surface area contributed by atoms with E-state index in [0.717, 1.165) is 5.56 Å². The zero-order valence-electron chi connectivity index (χ0n) is 10.9. The van der Waals surface area contributed by atoms with Crippen molar-refractivity contribution in [3.63, 3.8) is 0 Å². The molecule has 3 aromatic rings. The summed E-state index contributed by atoms with van der Waals surface area (Å²) >= 11 is 5.99. The first-order valence-electron chi connectivity index (χ1n) is 6.15. The third-order valence-electron chi connectivity index (χ3n) is 2.91. The van der Waals surface area contributed by atoms with Gasteiger partial charge in [-0.3, -0.25) is 5.41 Å². The van der Waals surface area contributed by atoms with Crippen molar-refractivity contribution >= 4 is 17.4 Å². The molecule has 0 unspecified atom stereocenters. The first-order chi connectivity index (χ1) is 10.1. The maximum absolute atomic E-state index is 7.61. The second-order valence-electron chi connectivity index (χ2n) is 4.34. The number of nitrogens with two attached hydrogens (primary N) is 1. The third-order valence-corrected chi connectivity index (χ3v) is 3.15. The molecule has 0 atom stereocenters. The first kappa shape index (κ1) is 13.3. The first-order valence-corrected chi connectivity index (χ1v) is 6.53.